The summed E-state index contributed by atoms with van der Waals surface area (Å²) in [4.78, 5) is 13.0. The third-order valence-corrected chi connectivity index (χ3v) is 5.99. The number of nitrogens with zero attached hydrogens (tertiary/aromatic N) is 3. The van der Waals surface area contributed by atoms with E-state index in [9.17, 15) is 14.3 Å². The maximum Gasteiger partial charge on any atom is 0.286 e. The van der Waals surface area contributed by atoms with Crippen molar-refractivity contribution in [3.63, 3.8) is 0 Å². The Morgan fingerprint density at radius 1 is 1.10 bits per heavy atom. The number of hydrogen-bond donors (Lipinski definition) is 2. The van der Waals surface area contributed by atoms with Gasteiger partial charge < -0.3 is 5.11 Å². The first-order valence-corrected chi connectivity index (χ1v) is 10.7. The molecule has 1 fully saturated rings. The van der Waals surface area contributed by atoms with Gasteiger partial charge >= 0.3 is 0 Å². The number of amides is 1. The monoisotopic (exact) mass is 462 g/mol. The summed E-state index contributed by atoms with van der Waals surface area (Å²) in [5.74, 6) is -1.00. The SMILES string of the molecule is Cc1c(C(=O)NN2CCCCC2)nn(-c2ccc(Cl)c(F)c2Cl)c1-c1ccc(O)cc1. The summed E-state index contributed by atoms with van der Waals surface area (Å²) in [6.07, 6.45) is 3.18. The molecule has 2 N–H and O–H groups in total. The van der Waals surface area contributed by atoms with E-state index in [4.69, 9.17) is 23.2 Å². The van der Waals surface area contributed by atoms with Gasteiger partial charge in [-0.3, -0.25) is 10.2 Å². The number of halogens is 3. The lowest BCUT2D eigenvalue weighted by Crippen LogP contribution is -2.45. The highest BCUT2D eigenvalue weighted by atomic mass is 35.5. The van der Waals surface area contributed by atoms with Gasteiger partial charge in [0.2, 0.25) is 0 Å². The number of nitrogens with one attached hydrogen (secondary N) is 1. The van der Waals surface area contributed by atoms with E-state index in [-0.39, 0.29) is 33.1 Å². The van der Waals surface area contributed by atoms with Crippen LogP contribution in [0.3, 0.4) is 0 Å². The Labute approximate surface area is 189 Å². The zero-order chi connectivity index (χ0) is 22.1. The van der Waals surface area contributed by atoms with Crippen LogP contribution in [0.2, 0.25) is 10.0 Å². The highest BCUT2D eigenvalue weighted by Crippen LogP contribution is 2.35. The second-order valence-electron chi connectivity index (χ2n) is 7.46. The number of carbonyl (C=O) groups excluding carboxylic acids is 1. The van der Waals surface area contributed by atoms with Crippen LogP contribution < -0.4 is 5.43 Å². The van der Waals surface area contributed by atoms with Crippen molar-refractivity contribution in [1.29, 1.82) is 0 Å². The standard InChI is InChI=1S/C22H21Cl2FN4O2/c1-13-20(22(31)27-28-11-3-2-4-12-28)26-29(17-10-9-16(23)19(25)18(17)24)21(13)14-5-7-15(30)8-6-14/h5-10,30H,2-4,11-12H2,1H3,(H,27,31). The van der Waals surface area contributed by atoms with E-state index in [0.29, 0.717) is 16.8 Å². The van der Waals surface area contributed by atoms with E-state index in [1.165, 1.54) is 22.9 Å². The molecule has 2 heterocycles. The van der Waals surface area contributed by atoms with Gasteiger partial charge in [-0.2, -0.15) is 5.10 Å². The Balaban J connectivity index is 1.83. The highest BCUT2D eigenvalue weighted by molar-refractivity contribution is 6.36. The number of phenols is 1. The number of benzene rings is 2. The highest BCUT2D eigenvalue weighted by Gasteiger charge is 2.25. The summed E-state index contributed by atoms with van der Waals surface area (Å²) in [5, 5.41) is 15.8. The van der Waals surface area contributed by atoms with Crippen LogP contribution in [0.5, 0.6) is 5.75 Å². The van der Waals surface area contributed by atoms with Crippen LogP contribution in [0.1, 0.15) is 35.3 Å². The molecule has 0 spiro atoms. The van der Waals surface area contributed by atoms with Gasteiger partial charge in [0.25, 0.3) is 5.91 Å². The molecule has 0 bridgehead atoms. The predicted octanol–water partition coefficient (Wildman–Crippen LogP) is 5.13. The van der Waals surface area contributed by atoms with Crippen LogP contribution in [-0.2, 0) is 0 Å². The van der Waals surface area contributed by atoms with Crippen molar-refractivity contribution >= 4 is 29.1 Å². The molecule has 0 unspecified atom stereocenters. The van der Waals surface area contributed by atoms with E-state index < -0.39 is 5.82 Å². The van der Waals surface area contributed by atoms with Gasteiger partial charge in [0.05, 0.1) is 16.4 Å². The first-order valence-electron chi connectivity index (χ1n) is 9.95. The van der Waals surface area contributed by atoms with Crippen molar-refractivity contribution < 1.29 is 14.3 Å². The Morgan fingerprint density at radius 2 is 1.77 bits per heavy atom. The zero-order valence-electron chi connectivity index (χ0n) is 16.8. The normalized spacial score (nSPS) is 14.6. The van der Waals surface area contributed by atoms with E-state index >= 15 is 0 Å². The Bertz CT molecular complexity index is 1130. The van der Waals surface area contributed by atoms with E-state index in [0.717, 1.165) is 32.4 Å². The topological polar surface area (TPSA) is 70.4 Å². The van der Waals surface area contributed by atoms with Crippen molar-refractivity contribution in [3.8, 4) is 22.7 Å². The number of hydrogen-bond acceptors (Lipinski definition) is 4. The summed E-state index contributed by atoms with van der Waals surface area (Å²) in [6.45, 7) is 3.34. The number of hydrazine groups is 1. The number of aromatic hydroxyl groups is 1. The summed E-state index contributed by atoms with van der Waals surface area (Å²) in [5.41, 5.74) is 5.23. The summed E-state index contributed by atoms with van der Waals surface area (Å²) in [6, 6.07) is 9.40. The molecule has 2 aromatic carbocycles. The van der Waals surface area contributed by atoms with Crippen LogP contribution in [0.15, 0.2) is 36.4 Å². The second kappa shape index (κ2) is 8.86. The number of rotatable bonds is 4. The molecule has 0 radical (unpaired) electrons. The zero-order valence-corrected chi connectivity index (χ0v) is 18.3. The third kappa shape index (κ3) is 4.26. The minimum absolute atomic E-state index is 0.103. The number of aromatic nitrogens is 2. The van der Waals surface area contributed by atoms with E-state index in [1.807, 2.05) is 5.01 Å². The molecule has 1 amide bonds. The van der Waals surface area contributed by atoms with Crippen LogP contribution >= 0.6 is 23.2 Å². The van der Waals surface area contributed by atoms with Crippen molar-refractivity contribution in [2.45, 2.75) is 26.2 Å². The fraction of sp³-hybridized carbons (Fsp3) is 0.273. The van der Waals surface area contributed by atoms with Gasteiger partial charge in [0.1, 0.15) is 10.8 Å². The fourth-order valence-corrected chi connectivity index (χ4v) is 4.18. The maximum absolute atomic E-state index is 14.4. The first kappa shape index (κ1) is 21.6. The third-order valence-electron chi connectivity index (χ3n) is 5.34. The van der Waals surface area contributed by atoms with Gasteiger partial charge in [-0.15, -0.1) is 0 Å². The largest absolute Gasteiger partial charge is 0.508 e. The van der Waals surface area contributed by atoms with Crippen LogP contribution in [-0.4, -0.2) is 38.9 Å². The Morgan fingerprint density at radius 3 is 2.45 bits per heavy atom. The molecular weight excluding hydrogens is 442 g/mol. The molecule has 6 nitrogen and oxygen atoms in total. The Kier molecular flexibility index (Phi) is 6.18. The maximum atomic E-state index is 14.4. The smallest absolute Gasteiger partial charge is 0.286 e. The quantitative estimate of drug-likeness (QED) is 0.527. The van der Waals surface area contributed by atoms with Crippen molar-refractivity contribution in [2.24, 2.45) is 0 Å². The van der Waals surface area contributed by atoms with Crippen molar-refractivity contribution in [2.75, 3.05) is 13.1 Å². The predicted molar refractivity (Wildman–Crippen MR) is 118 cm³/mol. The number of piperidine rings is 1. The molecule has 0 aliphatic carbocycles. The molecule has 1 saturated heterocycles. The lowest BCUT2D eigenvalue weighted by atomic mass is 10.1. The van der Waals surface area contributed by atoms with E-state index in [2.05, 4.69) is 10.5 Å². The molecule has 162 valence electrons. The molecule has 3 aromatic rings. The summed E-state index contributed by atoms with van der Waals surface area (Å²) in [7, 11) is 0. The summed E-state index contributed by atoms with van der Waals surface area (Å²) >= 11 is 12.1. The summed E-state index contributed by atoms with van der Waals surface area (Å²) < 4.78 is 15.9. The Hall–Kier alpha value is -2.61. The van der Waals surface area contributed by atoms with Gasteiger partial charge in [-0.25, -0.2) is 14.1 Å². The van der Waals surface area contributed by atoms with Gasteiger partial charge in [0, 0.05) is 24.2 Å². The van der Waals surface area contributed by atoms with Gasteiger partial charge in [-0.1, -0.05) is 29.6 Å². The fourth-order valence-electron chi connectivity index (χ4n) is 3.73. The van der Waals surface area contributed by atoms with E-state index in [1.54, 1.807) is 25.1 Å². The first-order chi connectivity index (χ1) is 14.9. The van der Waals surface area contributed by atoms with Gasteiger partial charge in [-0.05, 0) is 56.2 Å². The molecule has 9 heteroatoms. The van der Waals surface area contributed by atoms with Crippen molar-refractivity contribution in [1.82, 2.24) is 20.2 Å². The molecule has 1 aliphatic rings. The minimum atomic E-state index is -0.759. The molecule has 1 aliphatic heterocycles. The molecule has 0 saturated carbocycles. The number of carbonyl (C=O) groups is 1. The molecular formula is C22H21Cl2FN4O2. The van der Waals surface area contributed by atoms with Crippen LogP contribution in [0.4, 0.5) is 4.39 Å². The minimum Gasteiger partial charge on any atom is -0.508 e. The molecule has 31 heavy (non-hydrogen) atoms. The lowest BCUT2D eigenvalue weighted by molar-refractivity contribution is 0.0743. The average molecular weight is 463 g/mol. The van der Waals surface area contributed by atoms with Crippen LogP contribution in [0.25, 0.3) is 16.9 Å². The van der Waals surface area contributed by atoms with Crippen LogP contribution in [0, 0.1) is 12.7 Å². The van der Waals surface area contributed by atoms with Gasteiger partial charge in [0.15, 0.2) is 11.5 Å². The average Bonchev–Trinajstić information content (AvgIpc) is 3.10. The lowest BCUT2D eigenvalue weighted by Gasteiger charge is -2.26. The molecule has 0 atom stereocenters. The molecule has 4 rings (SSSR count). The van der Waals surface area contributed by atoms with Crippen molar-refractivity contribution in [3.05, 3.63) is 63.5 Å². The number of phenolic OH excluding ortho intramolecular Hbond substituents is 1. The second-order valence-corrected chi connectivity index (χ2v) is 8.25. The molecule has 1 aromatic heterocycles.